The van der Waals surface area contributed by atoms with Crippen molar-refractivity contribution in [3.63, 3.8) is 0 Å². The molecule has 1 atom stereocenters. The van der Waals surface area contributed by atoms with E-state index in [1.165, 1.54) is 7.11 Å². The summed E-state index contributed by atoms with van der Waals surface area (Å²) >= 11 is 0. The van der Waals surface area contributed by atoms with E-state index in [0.29, 0.717) is 11.1 Å². The number of methoxy groups -OCH3 is 1. The van der Waals surface area contributed by atoms with Crippen LogP contribution < -0.4 is 0 Å². The second-order valence-corrected chi connectivity index (χ2v) is 4.30. The van der Waals surface area contributed by atoms with E-state index in [2.05, 4.69) is 0 Å². The van der Waals surface area contributed by atoms with E-state index in [9.17, 15) is 18.3 Å². The standard InChI is InChI=1S/C15H13F3O2/c1-20-8-9-4-2-3-5-10(9)15(19)11-6-7-12(16)14(18)13(11)17/h2-7,15,19H,8H2,1H3. The zero-order valence-electron chi connectivity index (χ0n) is 10.7. The van der Waals surface area contributed by atoms with Gasteiger partial charge in [0.05, 0.1) is 6.61 Å². The topological polar surface area (TPSA) is 29.5 Å². The van der Waals surface area contributed by atoms with Crippen LogP contribution in [0.5, 0.6) is 0 Å². The van der Waals surface area contributed by atoms with Gasteiger partial charge in [0.25, 0.3) is 0 Å². The van der Waals surface area contributed by atoms with E-state index in [1.54, 1.807) is 24.3 Å². The maximum Gasteiger partial charge on any atom is 0.194 e. The summed E-state index contributed by atoms with van der Waals surface area (Å²) in [5.74, 6) is -4.26. The molecule has 0 bridgehead atoms. The summed E-state index contributed by atoms with van der Waals surface area (Å²) in [6, 6.07) is 8.51. The molecule has 1 unspecified atom stereocenters. The predicted octanol–water partition coefficient (Wildman–Crippen LogP) is 3.33. The van der Waals surface area contributed by atoms with Crippen LogP contribution in [0.3, 0.4) is 0 Å². The first-order chi connectivity index (χ1) is 9.56. The summed E-state index contributed by atoms with van der Waals surface area (Å²) in [6.45, 7) is 0.221. The lowest BCUT2D eigenvalue weighted by molar-refractivity contribution is 0.175. The number of hydrogen-bond acceptors (Lipinski definition) is 2. The van der Waals surface area contributed by atoms with Gasteiger partial charge in [0.1, 0.15) is 6.10 Å². The van der Waals surface area contributed by atoms with E-state index in [1.807, 2.05) is 0 Å². The first kappa shape index (κ1) is 14.6. The molecule has 0 aliphatic carbocycles. The molecule has 0 saturated heterocycles. The average Bonchev–Trinajstić information content (AvgIpc) is 2.45. The Morgan fingerprint density at radius 3 is 2.40 bits per heavy atom. The van der Waals surface area contributed by atoms with Crippen molar-refractivity contribution in [2.75, 3.05) is 7.11 Å². The normalized spacial score (nSPS) is 12.4. The Bertz CT molecular complexity index is 614. The maximum atomic E-state index is 13.7. The highest BCUT2D eigenvalue weighted by Gasteiger charge is 2.22. The molecule has 1 N–H and O–H groups in total. The molecule has 0 amide bonds. The average molecular weight is 282 g/mol. The Kier molecular flexibility index (Phi) is 4.42. The minimum atomic E-state index is -1.59. The van der Waals surface area contributed by atoms with E-state index in [-0.39, 0.29) is 12.2 Å². The molecular weight excluding hydrogens is 269 g/mol. The molecule has 0 fully saturated rings. The van der Waals surface area contributed by atoms with E-state index in [0.717, 1.165) is 12.1 Å². The molecule has 0 radical (unpaired) electrons. The second kappa shape index (κ2) is 6.07. The number of benzene rings is 2. The van der Waals surface area contributed by atoms with E-state index in [4.69, 9.17) is 4.74 Å². The molecule has 0 saturated carbocycles. The van der Waals surface area contributed by atoms with E-state index < -0.39 is 23.6 Å². The lowest BCUT2D eigenvalue weighted by Gasteiger charge is -2.16. The van der Waals surface area contributed by atoms with Crippen molar-refractivity contribution in [3.05, 3.63) is 70.5 Å². The Hall–Kier alpha value is -1.85. The van der Waals surface area contributed by atoms with E-state index >= 15 is 0 Å². The van der Waals surface area contributed by atoms with Crippen LogP contribution >= 0.6 is 0 Å². The summed E-state index contributed by atoms with van der Waals surface area (Å²) in [5.41, 5.74) is 0.721. The van der Waals surface area contributed by atoms with Crippen molar-refractivity contribution in [1.82, 2.24) is 0 Å². The molecule has 2 nitrogen and oxygen atoms in total. The number of rotatable bonds is 4. The Labute approximate surface area is 114 Å². The van der Waals surface area contributed by atoms with Gasteiger partial charge in [-0.2, -0.15) is 0 Å². The van der Waals surface area contributed by atoms with Crippen LogP contribution in [0, 0.1) is 17.5 Å². The predicted molar refractivity (Wildman–Crippen MR) is 67.5 cm³/mol. The summed E-state index contributed by atoms with van der Waals surface area (Å²) in [4.78, 5) is 0. The van der Waals surface area contributed by atoms with Crippen LogP contribution in [0.25, 0.3) is 0 Å². The fourth-order valence-electron chi connectivity index (χ4n) is 2.01. The number of aliphatic hydroxyl groups excluding tert-OH is 1. The summed E-state index contributed by atoms with van der Waals surface area (Å²) in [6.07, 6.45) is -1.39. The minimum Gasteiger partial charge on any atom is -0.384 e. The van der Waals surface area contributed by atoms with Crippen molar-refractivity contribution < 1.29 is 23.0 Å². The largest absolute Gasteiger partial charge is 0.384 e. The van der Waals surface area contributed by atoms with Gasteiger partial charge in [0.2, 0.25) is 0 Å². The molecular formula is C15H13F3O2. The van der Waals surface area contributed by atoms with Gasteiger partial charge in [-0.25, -0.2) is 13.2 Å². The van der Waals surface area contributed by atoms with Gasteiger partial charge in [-0.05, 0) is 17.2 Å². The number of ether oxygens (including phenoxy) is 1. The number of aliphatic hydroxyl groups is 1. The Morgan fingerprint density at radius 2 is 1.70 bits per heavy atom. The molecule has 106 valence electrons. The third-order valence-corrected chi connectivity index (χ3v) is 3.01. The van der Waals surface area contributed by atoms with Gasteiger partial charge in [0, 0.05) is 12.7 Å². The summed E-state index contributed by atoms with van der Waals surface area (Å²) in [7, 11) is 1.49. The van der Waals surface area contributed by atoms with Crippen LogP contribution in [0.15, 0.2) is 36.4 Å². The van der Waals surface area contributed by atoms with Gasteiger partial charge >= 0.3 is 0 Å². The van der Waals surface area contributed by atoms with Crippen molar-refractivity contribution in [2.45, 2.75) is 12.7 Å². The maximum absolute atomic E-state index is 13.7. The molecule has 2 aromatic rings. The lowest BCUT2D eigenvalue weighted by Crippen LogP contribution is -2.08. The Balaban J connectivity index is 2.46. The molecule has 0 aliphatic rings. The summed E-state index contributed by atoms with van der Waals surface area (Å²) in [5, 5.41) is 10.2. The first-order valence-corrected chi connectivity index (χ1v) is 5.94. The van der Waals surface area contributed by atoms with Gasteiger partial charge < -0.3 is 9.84 Å². The zero-order valence-corrected chi connectivity index (χ0v) is 10.7. The van der Waals surface area contributed by atoms with Crippen molar-refractivity contribution >= 4 is 0 Å². The van der Waals surface area contributed by atoms with Crippen LogP contribution in [-0.4, -0.2) is 12.2 Å². The van der Waals surface area contributed by atoms with Gasteiger partial charge in [-0.1, -0.05) is 30.3 Å². The molecule has 0 spiro atoms. The fraction of sp³-hybridized carbons (Fsp3) is 0.200. The third kappa shape index (κ3) is 2.69. The Morgan fingerprint density at radius 1 is 1.00 bits per heavy atom. The van der Waals surface area contributed by atoms with Crippen LogP contribution in [0.4, 0.5) is 13.2 Å². The second-order valence-electron chi connectivity index (χ2n) is 4.30. The molecule has 5 heteroatoms. The van der Waals surface area contributed by atoms with Crippen LogP contribution in [-0.2, 0) is 11.3 Å². The minimum absolute atomic E-state index is 0.221. The van der Waals surface area contributed by atoms with Crippen LogP contribution in [0.1, 0.15) is 22.8 Å². The highest BCUT2D eigenvalue weighted by Crippen LogP contribution is 2.29. The quantitative estimate of drug-likeness (QED) is 0.872. The zero-order chi connectivity index (χ0) is 14.7. The molecule has 20 heavy (non-hydrogen) atoms. The molecule has 0 heterocycles. The highest BCUT2D eigenvalue weighted by molar-refractivity contribution is 5.36. The lowest BCUT2D eigenvalue weighted by atomic mass is 9.96. The van der Waals surface area contributed by atoms with Gasteiger partial charge in [-0.3, -0.25) is 0 Å². The number of halogens is 3. The van der Waals surface area contributed by atoms with Gasteiger partial charge in [0.15, 0.2) is 17.5 Å². The fourth-order valence-corrected chi connectivity index (χ4v) is 2.01. The highest BCUT2D eigenvalue weighted by atomic mass is 19.2. The molecule has 0 aromatic heterocycles. The third-order valence-electron chi connectivity index (χ3n) is 3.01. The van der Waals surface area contributed by atoms with Crippen LogP contribution in [0.2, 0.25) is 0 Å². The molecule has 2 rings (SSSR count). The molecule has 0 aliphatic heterocycles. The van der Waals surface area contributed by atoms with Crippen molar-refractivity contribution in [1.29, 1.82) is 0 Å². The summed E-state index contributed by atoms with van der Waals surface area (Å²) < 4.78 is 44.8. The smallest absolute Gasteiger partial charge is 0.194 e. The monoisotopic (exact) mass is 282 g/mol. The molecule has 2 aromatic carbocycles. The van der Waals surface area contributed by atoms with Crippen molar-refractivity contribution in [3.8, 4) is 0 Å². The SMILES string of the molecule is COCc1ccccc1C(O)c1ccc(F)c(F)c1F. The number of hydrogen-bond donors (Lipinski definition) is 1. The first-order valence-electron chi connectivity index (χ1n) is 5.94. The van der Waals surface area contributed by atoms with Gasteiger partial charge in [-0.15, -0.1) is 0 Å². The van der Waals surface area contributed by atoms with Crippen molar-refractivity contribution in [2.24, 2.45) is 0 Å².